The quantitative estimate of drug-likeness (QED) is 0.760. The summed E-state index contributed by atoms with van der Waals surface area (Å²) in [7, 11) is 0. The van der Waals surface area contributed by atoms with E-state index < -0.39 is 0 Å². The Morgan fingerprint density at radius 2 is 1.83 bits per heavy atom. The maximum absolute atomic E-state index is 9.19. The number of hydrogen-bond acceptors (Lipinski definition) is 3. The standard InChI is InChI=1S/C17H19Cl2NO2.ClH/c1-12(21)9-20-10-13-2-6-16(7-3-13)22-11-14-4-5-15(18)8-17(14)19;/h2-8,12,20-21H,9-11H2,1H3;1H/p-1. The fraction of sp³-hybridized carbons (Fsp3) is 0.294. The van der Waals surface area contributed by atoms with Crippen LogP contribution in [0.3, 0.4) is 0 Å². The Kier molecular flexibility index (Phi) is 8.74. The molecule has 23 heavy (non-hydrogen) atoms. The number of rotatable bonds is 7. The van der Waals surface area contributed by atoms with Gasteiger partial charge >= 0.3 is 0 Å². The van der Waals surface area contributed by atoms with Crippen LogP contribution in [0.2, 0.25) is 10.0 Å². The van der Waals surface area contributed by atoms with Gasteiger partial charge in [0.2, 0.25) is 0 Å². The average Bonchev–Trinajstić information content (AvgIpc) is 2.47. The highest BCUT2D eigenvalue weighted by atomic mass is 35.5. The van der Waals surface area contributed by atoms with E-state index in [1.165, 1.54) is 0 Å². The van der Waals surface area contributed by atoms with Crippen LogP contribution >= 0.6 is 23.2 Å². The Labute approximate surface area is 153 Å². The lowest BCUT2D eigenvalue weighted by Gasteiger charge is -2.10. The van der Waals surface area contributed by atoms with Gasteiger partial charge in [-0.25, -0.2) is 0 Å². The number of ether oxygens (including phenoxy) is 1. The summed E-state index contributed by atoms with van der Waals surface area (Å²) in [6.45, 7) is 3.45. The predicted octanol–water partition coefficient (Wildman–Crippen LogP) is 1.05. The lowest BCUT2D eigenvalue weighted by molar-refractivity contribution is -0.00000691. The maximum Gasteiger partial charge on any atom is 0.119 e. The number of nitrogens with one attached hydrogen (secondary N) is 1. The molecule has 0 saturated heterocycles. The van der Waals surface area contributed by atoms with Gasteiger partial charge in [0.25, 0.3) is 0 Å². The van der Waals surface area contributed by atoms with E-state index in [9.17, 15) is 5.11 Å². The fourth-order valence-corrected chi connectivity index (χ4v) is 2.39. The summed E-state index contributed by atoms with van der Waals surface area (Å²) in [5, 5.41) is 13.6. The second-order valence-corrected chi connectivity index (χ2v) is 5.99. The largest absolute Gasteiger partial charge is 1.00 e. The third-order valence-corrected chi connectivity index (χ3v) is 3.69. The van der Waals surface area contributed by atoms with Gasteiger partial charge in [-0.1, -0.05) is 41.4 Å². The van der Waals surface area contributed by atoms with Crippen molar-refractivity contribution in [2.24, 2.45) is 0 Å². The first-order chi connectivity index (χ1) is 10.5. The van der Waals surface area contributed by atoms with Gasteiger partial charge in [0.05, 0.1) is 6.10 Å². The Bertz CT molecular complexity index is 603. The van der Waals surface area contributed by atoms with Gasteiger partial charge in [-0.3, -0.25) is 0 Å². The molecule has 0 aromatic heterocycles. The van der Waals surface area contributed by atoms with Gasteiger partial charge in [-0.2, -0.15) is 0 Å². The van der Waals surface area contributed by atoms with Crippen LogP contribution in [0.4, 0.5) is 0 Å². The van der Waals surface area contributed by atoms with Crippen molar-refractivity contribution in [3.63, 3.8) is 0 Å². The highest BCUT2D eigenvalue weighted by Crippen LogP contribution is 2.22. The van der Waals surface area contributed by atoms with Crippen LogP contribution in [-0.4, -0.2) is 17.8 Å². The SMILES string of the molecule is CC(O)CNCc1ccc(OCc2ccc(Cl)cc2Cl)cc1.[Cl-]. The van der Waals surface area contributed by atoms with Crippen LogP contribution in [0.25, 0.3) is 0 Å². The molecule has 0 aliphatic carbocycles. The Morgan fingerprint density at radius 3 is 2.43 bits per heavy atom. The van der Waals surface area contributed by atoms with Crippen molar-refractivity contribution in [2.75, 3.05) is 6.54 Å². The maximum atomic E-state index is 9.19. The molecule has 0 aliphatic heterocycles. The van der Waals surface area contributed by atoms with Crippen molar-refractivity contribution in [2.45, 2.75) is 26.2 Å². The zero-order chi connectivity index (χ0) is 15.9. The Hall–Kier alpha value is -0.970. The van der Waals surface area contributed by atoms with Crippen molar-refractivity contribution in [1.82, 2.24) is 5.32 Å². The van der Waals surface area contributed by atoms with Crippen molar-refractivity contribution < 1.29 is 22.3 Å². The van der Waals surface area contributed by atoms with Gasteiger partial charge in [-0.05, 0) is 36.8 Å². The van der Waals surface area contributed by atoms with E-state index in [0.717, 1.165) is 16.9 Å². The molecule has 126 valence electrons. The Balaban J connectivity index is 0.00000264. The van der Waals surface area contributed by atoms with Crippen LogP contribution < -0.4 is 22.5 Å². The topological polar surface area (TPSA) is 41.5 Å². The molecule has 0 heterocycles. The minimum atomic E-state index is -0.341. The minimum Gasteiger partial charge on any atom is -1.00 e. The van der Waals surface area contributed by atoms with Gasteiger partial charge in [0.1, 0.15) is 12.4 Å². The van der Waals surface area contributed by atoms with Crippen LogP contribution in [0.1, 0.15) is 18.1 Å². The highest BCUT2D eigenvalue weighted by molar-refractivity contribution is 6.35. The molecule has 6 heteroatoms. The average molecular weight is 376 g/mol. The molecule has 0 fully saturated rings. The monoisotopic (exact) mass is 374 g/mol. The van der Waals surface area contributed by atoms with Crippen molar-refractivity contribution in [3.05, 3.63) is 63.6 Å². The Morgan fingerprint density at radius 1 is 1.13 bits per heavy atom. The molecule has 2 aromatic carbocycles. The molecule has 1 unspecified atom stereocenters. The number of benzene rings is 2. The number of hydrogen-bond donors (Lipinski definition) is 2. The third-order valence-electron chi connectivity index (χ3n) is 3.10. The predicted molar refractivity (Wildman–Crippen MR) is 90.6 cm³/mol. The lowest BCUT2D eigenvalue weighted by Crippen LogP contribution is -3.00. The molecule has 3 nitrogen and oxygen atoms in total. The first-order valence-electron chi connectivity index (χ1n) is 7.09. The first kappa shape index (κ1) is 20.1. The molecule has 2 rings (SSSR count). The normalized spacial score (nSPS) is 11.7. The van der Waals surface area contributed by atoms with E-state index in [1.807, 2.05) is 30.3 Å². The molecule has 2 aromatic rings. The van der Waals surface area contributed by atoms with Crippen LogP contribution in [0.15, 0.2) is 42.5 Å². The first-order valence-corrected chi connectivity index (χ1v) is 7.84. The second kappa shape index (κ2) is 10.0. The number of aliphatic hydroxyl groups is 1. The summed E-state index contributed by atoms with van der Waals surface area (Å²) < 4.78 is 5.72. The lowest BCUT2D eigenvalue weighted by atomic mass is 10.2. The van der Waals surface area contributed by atoms with Crippen molar-refractivity contribution in [3.8, 4) is 5.75 Å². The summed E-state index contributed by atoms with van der Waals surface area (Å²) in [5.74, 6) is 0.783. The molecule has 0 saturated carbocycles. The molecular weight excluding hydrogens is 357 g/mol. The molecule has 0 radical (unpaired) electrons. The summed E-state index contributed by atoms with van der Waals surface area (Å²) in [6.07, 6.45) is -0.341. The molecule has 0 spiro atoms. The van der Waals surface area contributed by atoms with Gasteiger partial charge in [0, 0.05) is 28.7 Å². The molecule has 0 amide bonds. The van der Waals surface area contributed by atoms with Crippen LogP contribution in [0.5, 0.6) is 5.75 Å². The van der Waals surface area contributed by atoms with E-state index in [0.29, 0.717) is 29.7 Å². The van der Waals surface area contributed by atoms with Crippen molar-refractivity contribution in [1.29, 1.82) is 0 Å². The number of halogens is 3. The molecule has 1 atom stereocenters. The molecular formula is C17H19Cl3NO2-. The summed E-state index contributed by atoms with van der Waals surface area (Å²) in [5.41, 5.74) is 2.03. The fourth-order valence-electron chi connectivity index (χ4n) is 1.93. The van der Waals surface area contributed by atoms with Crippen LogP contribution in [-0.2, 0) is 13.2 Å². The van der Waals surface area contributed by atoms with E-state index in [2.05, 4.69) is 5.32 Å². The van der Waals surface area contributed by atoms with E-state index in [1.54, 1.807) is 19.1 Å². The van der Waals surface area contributed by atoms with E-state index in [4.69, 9.17) is 27.9 Å². The zero-order valence-electron chi connectivity index (χ0n) is 12.7. The van der Waals surface area contributed by atoms with Gasteiger partial charge < -0.3 is 27.6 Å². The third kappa shape index (κ3) is 6.98. The molecule has 0 bridgehead atoms. The van der Waals surface area contributed by atoms with Crippen LogP contribution in [0, 0.1) is 0 Å². The summed E-state index contributed by atoms with van der Waals surface area (Å²) in [4.78, 5) is 0. The molecule has 2 N–H and O–H groups in total. The summed E-state index contributed by atoms with van der Waals surface area (Å²) >= 11 is 12.0. The highest BCUT2D eigenvalue weighted by Gasteiger charge is 2.03. The molecule has 0 aliphatic rings. The van der Waals surface area contributed by atoms with E-state index in [-0.39, 0.29) is 18.5 Å². The second-order valence-electron chi connectivity index (χ2n) is 5.15. The van der Waals surface area contributed by atoms with Gasteiger partial charge in [0.15, 0.2) is 0 Å². The van der Waals surface area contributed by atoms with Gasteiger partial charge in [-0.15, -0.1) is 0 Å². The van der Waals surface area contributed by atoms with E-state index >= 15 is 0 Å². The zero-order valence-corrected chi connectivity index (χ0v) is 15.0. The smallest absolute Gasteiger partial charge is 0.119 e. The van der Waals surface area contributed by atoms with Crippen molar-refractivity contribution >= 4 is 23.2 Å². The minimum absolute atomic E-state index is 0. The number of aliphatic hydroxyl groups excluding tert-OH is 1. The summed E-state index contributed by atoms with van der Waals surface area (Å²) in [6, 6.07) is 13.2.